The second-order valence-corrected chi connectivity index (χ2v) is 43.8. The number of aromatic nitrogens is 6. The van der Waals surface area contributed by atoms with E-state index in [9.17, 15) is 58.5 Å². The molecule has 0 radical (unpaired) electrons. The number of ketones is 3. The van der Waals surface area contributed by atoms with Crippen molar-refractivity contribution in [3.05, 3.63) is 265 Å². The quantitative estimate of drug-likeness (QED) is 0.0237. The van der Waals surface area contributed by atoms with Gasteiger partial charge in [-0.25, -0.2) is 29.9 Å². The summed E-state index contributed by atoms with van der Waals surface area (Å²) in [6, 6.07) is 58.6. The van der Waals surface area contributed by atoms with E-state index < -0.39 is 53.4 Å². The second kappa shape index (κ2) is 50.2. The van der Waals surface area contributed by atoms with Crippen LogP contribution in [0.25, 0.3) is 67.5 Å². The van der Waals surface area contributed by atoms with Gasteiger partial charge in [0.05, 0.1) is 52.2 Å². The Morgan fingerprint density at radius 3 is 0.804 bits per heavy atom. The first-order chi connectivity index (χ1) is 68.5. The molecule has 6 atom stereocenters. The monoisotopic (exact) mass is 1990 g/mol. The number of unbranched alkanes of at least 4 members (excludes halogenated alkanes) is 5. The Hall–Kier alpha value is -13.1. The molecule has 0 aliphatic carbocycles. The van der Waals surface area contributed by atoms with Crippen molar-refractivity contribution in [3.63, 3.8) is 0 Å². The highest BCUT2D eigenvalue weighted by molar-refractivity contribution is 7.15. The second-order valence-electron chi connectivity index (χ2n) is 40.5. The number of thiophene rings is 3. The number of aliphatic carboxylic acids is 3. The van der Waals surface area contributed by atoms with Crippen molar-refractivity contribution in [2.45, 2.75) is 208 Å². The summed E-state index contributed by atoms with van der Waals surface area (Å²) in [6.07, 6.45) is 22.4. The molecule has 143 heavy (non-hydrogen) atoms. The molecule has 27 heteroatoms. The molecule has 3 aliphatic rings. The minimum absolute atomic E-state index is 0.0647. The number of hydrogen-bond donors (Lipinski definition) is 3. The first-order valence-corrected chi connectivity index (χ1v) is 52.4. The van der Waals surface area contributed by atoms with Gasteiger partial charge in [-0.2, -0.15) is 0 Å². The van der Waals surface area contributed by atoms with Gasteiger partial charge in [-0.05, 0) is 180 Å². The molecule has 6 aromatic carbocycles. The SMILES string of the molecule is CCCCCCOc1ccc(-c2cnc(-c3ccc(C[C@H](CC(=O)c4ccc(C(C)(C)C)s4)C(=O)N4CC[C@H](C(=O)O)C4)cc3)nc2)cc1.CCCCCOc1ccc(-c2cnc(-c3ccc(C[C@H](CC(=O)c4ccc(C(C)(C)C)s4)C(=O)N4CC[C@H](C(=O)O)C4)cc3)nc2)cc1.CCCOc1ccc(-c2cnc(-c3ccc(C[C@H](CC(=O)c4ccc(C(C)(C)C)s4)C(=O)N4CC[C@H](C(=O)O)C4)cc3)nc2)cc1. The minimum atomic E-state index is -0.892. The fraction of sp³-hybridized carbons (Fsp3) is 0.405. The Bertz CT molecular complexity index is 6270. The van der Waals surface area contributed by atoms with Crippen molar-refractivity contribution in [2.75, 3.05) is 59.1 Å². The Labute approximate surface area is 851 Å². The third-order valence-electron chi connectivity index (χ3n) is 26.1. The van der Waals surface area contributed by atoms with Crippen molar-refractivity contribution < 1.29 is 72.7 Å². The average molecular weight is 1990 g/mol. The predicted octanol–water partition coefficient (Wildman–Crippen LogP) is 23.9. The third-order valence-corrected chi connectivity index (χ3v) is 30.8. The molecule has 12 aromatic rings. The Morgan fingerprint density at radius 1 is 0.315 bits per heavy atom. The van der Waals surface area contributed by atoms with E-state index in [4.69, 9.17) is 14.2 Å². The zero-order valence-electron chi connectivity index (χ0n) is 84.1. The van der Waals surface area contributed by atoms with Gasteiger partial charge in [0.1, 0.15) is 17.2 Å². The van der Waals surface area contributed by atoms with E-state index in [2.05, 4.69) is 113 Å². The smallest absolute Gasteiger partial charge is 0.308 e. The van der Waals surface area contributed by atoms with Crippen LogP contribution in [0.2, 0.25) is 0 Å². The van der Waals surface area contributed by atoms with E-state index in [0.29, 0.717) is 96.9 Å². The van der Waals surface area contributed by atoms with Gasteiger partial charge in [-0.15, -0.1) is 34.0 Å². The summed E-state index contributed by atoms with van der Waals surface area (Å²) in [5, 5.41) is 28.5. The summed E-state index contributed by atoms with van der Waals surface area (Å²) in [7, 11) is 0. The van der Waals surface area contributed by atoms with E-state index >= 15 is 0 Å². The molecule has 15 rings (SSSR count). The summed E-state index contributed by atoms with van der Waals surface area (Å²) < 4.78 is 17.4. The third kappa shape index (κ3) is 30.3. The van der Waals surface area contributed by atoms with E-state index in [-0.39, 0.29) is 90.2 Å². The van der Waals surface area contributed by atoms with Gasteiger partial charge in [-0.1, -0.05) is 224 Å². The van der Waals surface area contributed by atoms with Gasteiger partial charge in [0.2, 0.25) is 17.7 Å². The standard InChI is InChI=1S/C40H47N3O5S.C39H45N3O5S.C37H41N3O5S/c1-5-6-7-8-21-48-33-15-13-28(14-16-33)32-24-41-37(42-25-32)29-11-9-27(10-12-29)22-31(38(45)43-20-19-30(26-43)39(46)47)23-34(44)35-17-18-36(49-35)40(2,3)4;1-5-6-7-20-47-32-14-12-27(13-15-32)31-23-40-36(41-24-31)28-10-8-26(9-11-28)21-30(37(44)42-19-18-29(25-42)38(45)46)22-33(43)34-16-17-35(48-34)39(2,3)4;1-5-18-45-30-12-10-25(11-13-30)29-21-38-34(39-22-29)26-8-6-24(7-9-26)19-28(35(42)40-17-16-27(23-40)36(43)44)20-31(41)32-14-15-33(46-32)37(2,3)4/h9-18,24-25,30-31H,5-8,19-23,26H2,1-4H3,(H,46,47);8-17,23-24,29-30H,5-7,18-22,25H2,1-4H3,(H,45,46);6-15,21-22,27-28H,5,16-20,23H2,1-4H3,(H,43,44)/t30-,31+;29-,30+;27-,28+/m000/s1. The van der Waals surface area contributed by atoms with Crippen LogP contribution in [0.1, 0.15) is 233 Å². The molecular formula is C116H133N9O15S3. The lowest BCUT2D eigenvalue weighted by Crippen LogP contribution is -2.37. The largest absolute Gasteiger partial charge is 0.494 e. The number of Topliss-reactive ketones (excluding diaryl/α,β-unsaturated/α-hetero) is 3. The average Bonchev–Trinajstić information content (AvgIpc) is 1.72. The lowest BCUT2D eigenvalue weighted by molar-refractivity contribution is -0.143. The summed E-state index contributed by atoms with van der Waals surface area (Å²) >= 11 is 4.43. The van der Waals surface area contributed by atoms with Crippen LogP contribution < -0.4 is 14.2 Å². The van der Waals surface area contributed by atoms with Gasteiger partial charge < -0.3 is 44.2 Å². The lowest BCUT2D eigenvalue weighted by Gasteiger charge is -2.23. The van der Waals surface area contributed by atoms with E-state index in [1.807, 2.05) is 207 Å². The molecule has 3 amide bonds. The van der Waals surface area contributed by atoms with Crippen molar-refractivity contribution in [1.29, 1.82) is 0 Å². The van der Waals surface area contributed by atoms with Gasteiger partial charge in [0.15, 0.2) is 34.8 Å². The van der Waals surface area contributed by atoms with Crippen molar-refractivity contribution >= 4 is 87.0 Å². The van der Waals surface area contributed by atoms with Crippen LogP contribution in [0, 0.1) is 35.5 Å². The van der Waals surface area contributed by atoms with Gasteiger partial charge in [0.25, 0.3) is 0 Å². The van der Waals surface area contributed by atoms with Crippen molar-refractivity contribution in [1.82, 2.24) is 44.6 Å². The zero-order valence-corrected chi connectivity index (χ0v) is 86.6. The number of rotatable bonds is 41. The number of nitrogens with zero attached hydrogens (tertiary/aromatic N) is 9. The molecule has 750 valence electrons. The highest BCUT2D eigenvalue weighted by Gasteiger charge is 2.40. The van der Waals surface area contributed by atoms with Gasteiger partial charge >= 0.3 is 17.9 Å². The van der Waals surface area contributed by atoms with Crippen molar-refractivity contribution in [2.24, 2.45) is 35.5 Å². The van der Waals surface area contributed by atoms with Gasteiger partial charge in [-0.3, -0.25) is 43.2 Å². The van der Waals surface area contributed by atoms with Crippen LogP contribution in [-0.2, 0) is 64.3 Å². The number of carboxylic acid groups (broad SMARTS) is 3. The van der Waals surface area contributed by atoms with E-state index in [1.165, 1.54) is 53.3 Å². The molecular weight excluding hydrogens is 1860 g/mol. The molecule has 0 spiro atoms. The molecule has 9 heterocycles. The molecule has 24 nitrogen and oxygen atoms in total. The van der Waals surface area contributed by atoms with Crippen molar-refractivity contribution in [3.8, 4) is 84.8 Å². The molecule has 0 unspecified atom stereocenters. The van der Waals surface area contributed by atoms with Crippen LogP contribution in [-0.4, -0.2) is 172 Å². The fourth-order valence-electron chi connectivity index (χ4n) is 17.5. The number of likely N-dealkylation sites (tertiary alicyclic amines) is 3. The number of carbonyl (C=O) groups is 9. The molecule has 0 bridgehead atoms. The number of hydrogen-bond acceptors (Lipinski definition) is 21. The fourth-order valence-corrected chi connectivity index (χ4v) is 20.5. The molecule has 0 saturated carbocycles. The number of amides is 3. The molecule has 3 fully saturated rings. The Kier molecular flexibility index (Phi) is 37.6. The highest BCUT2D eigenvalue weighted by Crippen LogP contribution is 2.39. The van der Waals surface area contributed by atoms with Crippen LogP contribution in [0.3, 0.4) is 0 Å². The minimum Gasteiger partial charge on any atom is -0.494 e. The summed E-state index contributed by atoms with van der Waals surface area (Å²) in [5.74, 6) is -2.57. The molecule has 6 aromatic heterocycles. The highest BCUT2D eigenvalue weighted by atomic mass is 32.1. The lowest BCUT2D eigenvalue weighted by atomic mass is 9.92. The van der Waals surface area contributed by atoms with Gasteiger partial charge in [0, 0.05) is 161 Å². The predicted molar refractivity (Wildman–Crippen MR) is 564 cm³/mol. The number of carbonyl (C=O) groups excluding carboxylic acids is 6. The topological polar surface area (TPSA) is 329 Å². The molecule has 3 saturated heterocycles. The zero-order chi connectivity index (χ0) is 102. The summed E-state index contributed by atoms with van der Waals surface area (Å²) in [5.41, 5.74) is 10.8. The van der Waals surface area contributed by atoms with Crippen LogP contribution in [0.5, 0.6) is 17.2 Å². The Morgan fingerprint density at radius 2 is 0.566 bits per heavy atom. The van der Waals surface area contributed by atoms with Crippen LogP contribution >= 0.6 is 34.0 Å². The Balaban J connectivity index is 0.000000180. The molecule has 3 N–H and O–H groups in total. The summed E-state index contributed by atoms with van der Waals surface area (Å²) in [6.45, 7) is 29.3. The number of benzene rings is 6. The van der Waals surface area contributed by atoms with Crippen LogP contribution in [0.4, 0.5) is 0 Å². The first-order valence-electron chi connectivity index (χ1n) is 49.9. The maximum atomic E-state index is 13.7. The maximum Gasteiger partial charge on any atom is 0.308 e. The van der Waals surface area contributed by atoms with E-state index in [1.54, 1.807) is 27.1 Å². The maximum absolute atomic E-state index is 13.7. The summed E-state index contributed by atoms with van der Waals surface area (Å²) in [4.78, 5) is 154. The molecule has 3 aliphatic heterocycles. The normalized spacial score (nSPS) is 15.4. The van der Waals surface area contributed by atoms with Crippen LogP contribution in [0.15, 0.2) is 219 Å². The number of carboxylic acids is 3. The number of ether oxygens (including phenoxy) is 3. The first kappa shape index (κ1) is 107. The van der Waals surface area contributed by atoms with E-state index in [0.717, 1.165) is 144 Å².